The van der Waals surface area contributed by atoms with Gasteiger partial charge < -0.3 is 9.40 Å². The predicted octanol–water partition coefficient (Wildman–Crippen LogP) is 5.59. The van der Waals surface area contributed by atoms with E-state index >= 15 is 0 Å². The molecule has 9 heteroatoms. The van der Waals surface area contributed by atoms with Gasteiger partial charge in [0.2, 0.25) is 0 Å². The van der Waals surface area contributed by atoms with E-state index in [1.807, 2.05) is 18.4 Å². The lowest BCUT2D eigenvalue weighted by molar-refractivity contribution is 0.0515. The minimum Gasteiger partial charge on any atom is -0.331 e. The molecule has 3 aromatic rings. The highest BCUT2D eigenvalue weighted by Crippen LogP contribution is 2.23. The van der Waals surface area contributed by atoms with Gasteiger partial charge >= 0.3 is 5.97 Å². The zero-order valence-electron chi connectivity index (χ0n) is 14.7. The molecule has 146 valence electrons. The Morgan fingerprint density at radius 3 is 2.57 bits per heavy atom. The van der Waals surface area contributed by atoms with Crippen molar-refractivity contribution in [2.24, 2.45) is 5.16 Å². The van der Waals surface area contributed by atoms with Crippen LogP contribution in [0.5, 0.6) is 0 Å². The minimum absolute atomic E-state index is 0. The van der Waals surface area contributed by atoms with Crippen molar-refractivity contribution in [1.82, 2.24) is 9.55 Å². The van der Waals surface area contributed by atoms with E-state index in [0.29, 0.717) is 33.4 Å². The summed E-state index contributed by atoms with van der Waals surface area (Å²) < 4.78 is 1.80. The fraction of sp³-hybridized carbons (Fsp3) is 0.105. The molecule has 0 spiro atoms. The summed E-state index contributed by atoms with van der Waals surface area (Å²) in [4.78, 5) is 22.5. The van der Waals surface area contributed by atoms with Crippen LogP contribution in [0.4, 0.5) is 0 Å². The highest BCUT2D eigenvalue weighted by Gasteiger charge is 2.13. The SMILES string of the molecule is CSc1ccc(C(=O)O/N=C(\Cn2ccnc2)c2ccc(Cl)cc2Cl)cc1.Cl. The van der Waals surface area contributed by atoms with Gasteiger partial charge in [0.05, 0.1) is 23.5 Å². The smallest absolute Gasteiger partial charge is 0.331 e. The molecule has 0 fully saturated rings. The Hall–Kier alpha value is -1.99. The Labute approximate surface area is 183 Å². The summed E-state index contributed by atoms with van der Waals surface area (Å²) in [6.07, 6.45) is 7.04. The van der Waals surface area contributed by atoms with Crippen LogP contribution in [-0.4, -0.2) is 27.5 Å². The maximum absolute atomic E-state index is 12.3. The number of rotatable bonds is 6. The standard InChI is InChI=1S/C19H15Cl2N3O2S.ClH/c1-27-15-5-2-13(3-6-15)19(25)26-23-18(11-24-9-8-22-12-24)16-7-4-14(20)10-17(16)21;/h2-10,12H,11H2,1H3;1H/b23-18+;. The second-order valence-electron chi connectivity index (χ2n) is 5.50. The zero-order valence-corrected chi connectivity index (χ0v) is 17.9. The number of hydrogen-bond donors (Lipinski definition) is 0. The fourth-order valence-corrected chi connectivity index (χ4v) is 3.24. The average molecular weight is 457 g/mol. The van der Waals surface area contributed by atoms with Gasteiger partial charge in [-0.1, -0.05) is 28.4 Å². The number of nitrogens with zero attached hydrogens (tertiary/aromatic N) is 3. The molecule has 0 bridgehead atoms. The molecule has 0 aliphatic rings. The number of benzene rings is 2. The molecule has 1 aromatic heterocycles. The third-order valence-electron chi connectivity index (χ3n) is 3.70. The number of carbonyl (C=O) groups excluding carboxylic acids is 1. The number of aromatic nitrogens is 2. The maximum atomic E-state index is 12.3. The number of thioether (sulfide) groups is 1. The Morgan fingerprint density at radius 1 is 1.21 bits per heavy atom. The molecule has 0 radical (unpaired) electrons. The van der Waals surface area contributed by atoms with Gasteiger partial charge in [0.15, 0.2) is 0 Å². The quantitative estimate of drug-likeness (QED) is 0.210. The third kappa shape index (κ3) is 5.75. The van der Waals surface area contributed by atoms with Crippen LogP contribution in [-0.2, 0) is 11.4 Å². The van der Waals surface area contributed by atoms with Crippen LogP contribution in [0.25, 0.3) is 0 Å². The Balaban J connectivity index is 0.00000280. The molecule has 0 aliphatic carbocycles. The Morgan fingerprint density at radius 2 is 1.96 bits per heavy atom. The molecular formula is C19H16Cl3N3O2S. The van der Waals surface area contributed by atoms with E-state index in [0.717, 1.165) is 4.90 Å². The molecule has 1 heterocycles. The Bertz CT molecular complexity index is 961. The van der Waals surface area contributed by atoms with Crippen molar-refractivity contribution in [3.63, 3.8) is 0 Å². The third-order valence-corrected chi connectivity index (χ3v) is 4.99. The summed E-state index contributed by atoms with van der Waals surface area (Å²) in [5.41, 5.74) is 1.52. The van der Waals surface area contributed by atoms with Gasteiger partial charge in [0.25, 0.3) is 0 Å². The number of imidazole rings is 1. The molecule has 3 rings (SSSR count). The molecule has 28 heavy (non-hydrogen) atoms. The van der Waals surface area contributed by atoms with Crippen LogP contribution in [0.1, 0.15) is 15.9 Å². The van der Waals surface area contributed by atoms with E-state index in [9.17, 15) is 4.79 Å². The lowest BCUT2D eigenvalue weighted by Crippen LogP contribution is -2.13. The van der Waals surface area contributed by atoms with Crippen molar-refractivity contribution in [2.45, 2.75) is 11.4 Å². The monoisotopic (exact) mass is 455 g/mol. The summed E-state index contributed by atoms with van der Waals surface area (Å²) in [6, 6.07) is 12.2. The number of hydrogen-bond acceptors (Lipinski definition) is 5. The van der Waals surface area contributed by atoms with E-state index in [-0.39, 0.29) is 12.4 Å². The summed E-state index contributed by atoms with van der Waals surface area (Å²) in [6.45, 7) is 0.333. The van der Waals surface area contributed by atoms with Crippen molar-refractivity contribution in [1.29, 1.82) is 0 Å². The fourth-order valence-electron chi connectivity index (χ4n) is 2.32. The van der Waals surface area contributed by atoms with Crippen molar-refractivity contribution in [3.05, 3.63) is 82.4 Å². The first kappa shape index (κ1) is 22.3. The van der Waals surface area contributed by atoms with Crippen LogP contribution in [0, 0.1) is 0 Å². The highest BCUT2D eigenvalue weighted by molar-refractivity contribution is 7.98. The highest BCUT2D eigenvalue weighted by atomic mass is 35.5. The molecule has 0 atom stereocenters. The van der Waals surface area contributed by atoms with Gasteiger partial charge in [-0.3, -0.25) is 0 Å². The van der Waals surface area contributed by atoms with Crippen LogP contribution in [0.2, 0.25) is 10.0 Å². The largest absolute Gasteiger partial charge is 0.365 e. The second kappa shape index (κ2) is 10.5. The first-order valence-electron chi connectivity index (χ1n) is 7.90. The van der Waals surface area contributed by atoms with Gasteiger partial charge in [-0.05, 0) is 48.7 Å². The first-order valence-corrected chi connectivity index (χ1v) is 9.88. The van der Waals surface area contributed by atoms with E-state index in [1.54, 1.807) is 65.4 Å². The maximum Gasteiger partial charge on any atom is 0.365 e. The molecule has 0 saturated heterocycles. The van der Waals surface area contributed by atoms with Gasteiger partial charge in [0.1, 0.15) is 5.71 Å². The summed E-state index contributed by atoms with van der Waals surface area (Å²) >= 11 is 13.9. The summed E-state index contributed by atoms with van der Waals surface area (Å²) in [5, 5.41) is 4.99. The molecule has 0 saturated carbocycles. The zero-order chi connectivity index (χ0) is 19.2. The van der Waals surface area contributed by atoms with Crippen molar-refractivity contribution in [2.75, 3.05) is 6.26 Å². The topological polar surface area (TPSA) is 56.5 Å². The van der Waals surface area contributed by atoms with Crippen molar-refractivity contribution < 1.29 is 9.63 Å². The van der Waals surface area contributed by atoms with E-state index < -0.39 is 5.97 Å². The lowest BCUT2D eigenvalue weighted by Gasteiger charge is -2.09. The number of halogens is 3. The number of carbonyl (C=O) groups is 1. The van der Waals surface area contributed by atoms with Crippen LogP contribution in [0.3, 0.4) is 0 Å². The Kier molecular flexibility index (Phi) is 8.38. The van der Waals surface area contributed by atoms with Crippen LogP contribution >= 0.6 is 47.4 Å². The summed E-state index contributed by atoms with van der Waals surface area (Å²) in [7, 11) is 0. The van der Waals surface area contributed by atoms with Crippen molar-refractivity contribution in [3.8, 4) is 0 Å². The van der Waals surface area contributed by atoms with Gasteiger partial charge in [-0.2, -0.15) is 0 Å². The first-order chi connectivity index (χ1) is 13.1. The van der Waals surface area contributed by atoms with Crippen molar-refractivity contribution >= 4 is 59.1 Å². The molecular weight excluding hydrogens is 441 g/mol. The second-order valence-corrected chi connectivity index (χ2v) is 7.23. The average Bonchev–Trinajstić information content (AvgIpc) is 3.18. The van der Waals surface area contributed by atoms with Crippen LogP contribution in [0.15, 0.2) is 71.2 Å². The molecule has 2 aromatic carbocycles. The van der Waals surface area contributed by atoms with E-state index in [4.69, 9.17) is 28.0 Å². The predicted molar refractivity (Wildman–Crippen MR) is 116 cm³/mol. The minimum atomic E-state index is -0.545. The van der Waals surface area contributed by atoms with Gasteiger partial charge in [-0.15, -0.1) is 24.2 Å². The van der Waals surface area contributed by atoms with Crippen LogP contribution < -0.4 is 0 Å². The number of oxime groups is 1. The summed E-state index contributed by atoms with van der Waals surface area (Å²) in [5.74, 6) is -0.545. The normalized spacial score (nSPS) is 11.0. The molecule has 0 aliphatic heterocycles. The molecule has 0 amide bonds. The lowest BCUT2D eigenvalue weighted by atomic mass is 10.1. The van der Waals surface area contributed by atoms with Gasteiger partial charge in [0, 0.05) is 27.9 Å². The van der Waals surface area contributed by atoms with E-state index in [2.05, 4.69) is 10.1 Å². The van der Waals surface area contributed by atoms with E-state index in [1.165, 1.54) is 0 Å². The molecule has 5 nitrogen and oxygen atoms in total. The molecule has 0 N–H and O–H groups in total. The molecule has 0 unspecified atom stereocenters. The van der Waals surface area contributed by atoms with Gasteiger partial charge in [-0.25, -0.2) is 9.78 Å².